The fourth-order valence-electron chi connectivity index (χ4n) is 2.60. The molecule has 0 radical (unpaired) electrons. The van der Waals surface area contributed by atoms with Crippen LogP contribution in [-0.4, -0.2) is 83.7 Å². The molecule has 0 atom stereocenters. The van der Waals surface area contributed by atoms with E-state index < -0.39 is 17.5 Å². The molecule has 0 unspecified atom stereocenters. The van der Waals surface area contributed by atoms with Crippen molar-refractivity contribution in [2.24, 2.45) is 35.7 Å². The lowest BCUT2D eigenvalue weighted by Gasteiger charge is -1.95. The first-order valence-corrected chi connectivity index (χ1v) is 10.4. The molecule has 0 bridgehead atoms. The molecule has 0 aliphatic heterocycles. The largest absolute Gasteiger partial charge is 0.364 e. The number of isocyanates is 1. The van der Waals surface area contributed by atoms with E-state index in [2.05, 4.69) is 50.7 Å². The van der Waals surface area contributed by atoms with Gasteiger partial charge >= 0.3 is 11.4 Å². The number of nitrogens with one attached hydrogen (secondary N) is 2. The van der Waals surface area contributed by atoms with Crippen LogP contribution < -0.4 is 22.8 Å². The van der Waals surface area contributed by atoms with Crippen LogP contribution in [0.15, 0.2) is 38.7 Å². The van der Waals surface area contributed by atoms with E-state index in [1.807, 2.05) is 0 Å². The first-order valence-electron chi connectivity index (χ1n) is 10.4. The summed E-state index contributed by atoms with van der Waals surface area (Å²) >= 11 is 0. The van der Waals surface area contributed by atoms with Crippen molar-refractivity contribution in [1.29, 1.82) is 5.53 Å². The van der Waals surface area contributed by atoms with Crippen molar-refractivity contribution >= 4 is 35.0 Å². The molecular weight excluding hydrogens is 534 g/mol. The fraction of sp³-hybridized carbons (Fsp3) is 0.222. The summed E-state index contributed by atoms with van der Waals surface area (Å²) in [5.74, 6) is -1.38. The Morgan fingerprint density at radius 2 is 1.48 bits per heavy atom. The number of primary amides is 2. The lowest BCUT2D eigenvalue weighted by Crippen LogP contribution is -2.27. The van der Waals surface area contributed by atoms with Crippen molar-refractivity contribution in [3.63, 3.8) is 0 Å². The van der Waals surface area contributed by atoms with Gasteiger partial charge in [0.1, 0.15) is 12.7 Å². The number of amides is 2. The normalized spacial score (nSPS) is 9.70. The summed E-state index contributed by atoms with van der Waals surface area (Å²) in [5, 5.41) is 17.5. The molecule has 0 spiro atoms. The maximum atomic E-state index is 11.4. The number of rotatable bonds is 3. The summed E-state index contributed by atoms with van der Waals surface area (Å²) in [5.41, 5.74) is 17.1. The molecule has 208 valence electrons. The molecule has 40 heavy (non-hydrogen) atoms. The topological polar surface area (TPSA) is 311 Å². The van der Waals surface area contributed by atoms with E-state index in [9.17, 15) is 19.2 Å². The summed E-state index contributed by atoms with van der Waals surface area (Å²) in [7, 11) is 4.37. The van der Waals surface area contributed by atoms with Crippen LogP contribution in [0.25, 0.3) is 11.3 Å². The Morgan fingerprint density at radius 1 is 0.950 bits per heavy atom. The average Bonchev–Trinajstić information content (AvgIpc) is 3.68. The molecule has 5 rings (SSSR count). The van der Waals surface area contributed by atoms with E-state index in [4.69, 9.17) is 21.8 Å². The van der Waals surface area contributed by atoms with Crippen LogP contribution in [0.4, 0.5) is 5.82 Å². The van der Waals surface area contributed by atoms with Gasteiger partial charge in [0.25, 0.3) is 11.8 Å². The third kappa shape index (κ3) is 6.71. The summed E-state index contributed by atoms with van der Waals surface area (Å²) in [6, 6.07) is 0. The molecule has 5 heterocycles. The lowest BCUT2D eigenvalue weighted by atomic mass is 10.4. The molecule has 2 amide bonds. The van der Waals surface area contributed by atoms with E-state index in [0.717, 1.165) is 13.8 Å². The number of aromatic amines is 1. The molecule has 5 aromatic rings. The van der Waals surface area contributed by atoms with E-state index in [1.165, 1.54) is 43.6 Å². The van der Waals surface area contributed by atoms with Gasteiger partial charge < -0.3 is 16.5 Å². The van der Waals surface area contributed by atoms with Gasteiger partial charge in [0, 0.05) is 21.1 Å². The van der Waals surface area contributed by atoms with Crippen LogP contribution in [0.2, 0.25) is 0 Å². The van der Waals surface area contributed by atoms with Gasteiger partial charge in [-0.25, -0.2) is 48.7 Å². The van der Waals surface area contributed by atoms with Crippen LogP contribution in [0.1, 0.15) is 26.7 Å². The number of imidazole rings is 3. The highest BCUT2D eigenvalue weighted by atomic mass is 16.2. The molecular formula is C18H21N17O5. The lowest BCUT2D eigenvalue weighted by molar-refractivity contribution is 0.0988. The standard InChI is InChI=1S/C6H6N6O2.C6H7N5O.C4H5N5O.C2H3NO/c1-11-6(14)12-2-8-3(4(7)13)5(12)9-10-11;1-4-5-8-9-10(2)6(12)11(5)3-7-4;5-3(10)2-4(9-6)8-1-7-2;1-3-2-4/h2H,1H3,(H2,7,13);3H,1-2H3;1,6H,(H2,5,10)(H,7,8);1H3. The van der Waals surface area contributed by atoms with Gasteiger partial charge in [0.05, 0.1) is 12.0 Å². The Kier molecular flexibility index (Phi) is 9.94. The van der Waals surface area contributed by atoms with Gasteiger partial charge in [-0.15, -0.1) is 15.3 Å². The maximum absolute atomic E-state index is 11.4. The number of carbonyl (C=O) groups is 2. The minimum atomic E-state index is -0.741. The number of nitrogens with zero attached hydrogens (tertiary/aromatic N) is 13. The van der Waals surface area contributed by atoms with E-state index in [-0.39, 0.29) is 28.5 Å². The predicted octanol–water partition coefficient (Wildman–Crippen LogP) is -2.82. The fourth-order valence-corrected chi connectivity index (χ4v) is 2.60. The van der Waals surface area contributed by atoms with Crippen LogP contribution in [-0.2, 0) is 18.9 Å². The van der Waals surface area contributed by atoms with Crippen LogP contribution >= 0.6 is 0 Å². The first-order chi connectivity index (χ1) is 19.0. The van der Waals surface area contributed by atoms with Crippen molar-refractivity contribution in [1.82, 2.24) is 58.7 Å². The molecule has 0 fully saturated rings. The second-order valence-electron chi connectivity index (χ2n) is 7.06. The zero-order chi connectivity index (χ0) is 30.0. The van der Waals surface area contributed by atoms with Crippen molar-refractivity contribution in [3.05, 3.63) is 57.0 Å². The van der Waals surface area contributed by atoms with Crippen molar-refractivity contribution in [2.75, 3.05) is 7.05 Å². The Bertz CT molecular complexity index is 1830. The highest BCUT2D eigenvalue weighted by Crippen LogP contribution is 2.10. The van der Waals surface area contributed by atoms with Crippen LogP contribution in [0, 0.1) is 12.5 Å². The Balaban J connectivity index is 0.000000199. The number of H-pyrrole nitrogens is 1. The molecule has 22 heteroatoms. The average molecular weight is 555 g/mol. The smallest absolute Gasteiger partial charge is 0.352 e. The van der Waals surface area contributed by atoms with Crippen LogP contribution in [0.3, 0.4) is 0 Å². The third-order valence-electron chi connectivity index (χ3n) is 4.47. The second kappa shape index (κ2) is 13.3. The van der Waals surface area contributed by atoms with E-state index in [1.54, 1.807) is 14.0 Å². The Labute approximate surface area is 220 Å². The molecule has 0 aliphatic carbocycles. The van der Waals surface area contributed by atoms with Gasteiger partial charge in [-0.2, -0.15) is 9.36 Å². The second-order valence-corrected chi connectivity index (χ2v) is 7.06. The highest BCUT2D eigenvalue weighted by Gasteiger charge is 2.13. The van der Waals surface area contributed by atoms with Crippen molar-refractivity contribution < 1.29 is 14.4 Å². The first kappa shape index (κ1) is 29.9. The van der Waals surface area contributed by atoms with Gasteiger partial charge in [0.2, 0.25) is 11.9 Å². The number of aliphatic imine (C=N–C) groups is 1. The van der Waals surface area contributed by atoms with Crippen molar-refractivity contribution in [2.45, 2.75) is 6.92 Å². The van der Waals surface area contributed by atoms with Gasteiger partial charge in [-0.1, -0.05) is 10.4 Å². The van der Waals surface area contributed by atoms with Gasteiger partial charge in [-0.3, -0.25) is 9.59 Å². The van der Waals surface area contributed by atoms with Gasteiger partial charge in [0.15, 0.2) is 22.7 Å². The molecule has 6 N–H and O–H groups in total. The zero-order valence-corrected chi connectivity index (χ0v) is 21.2. The number of aromatic nitrogens is 12. The summed E-state index contributed by atoms with van der Waals surface area (Å²) in [6.07, 6.45) is 5.20. The molecule has 5 aromatic heterocycles. The maximum Gasteiger partial charge on any atom is 0.352 e. The SMILES string of the molecule is CN=C=O.Cc1ncn2c(=O)n(C)nnc12.Cn1nnc2c(C(N)=O)ncn2c1=O.N=Nc1nc[nH]c1C(N)=O. The number of nitrogens with two attached hydrogens (primary N) is 2. The highest BCUT2D eigenvalue weighted by molar-refractivity contribution is 5.96. The Hall–Kier alpha value is -6.31. The zero-order valence-electron chi connectivity index (χ0n) is 21.2. The molecule has 0 aromatic carbocycles. The minimum Gasteiger partial charge on any atom is -0.364 e. The summed E-state index contributed by atoms with van der Waals surface area (Å²) in [4.78, 5) is 69.4. The molecule has 22 nitrogen and oxygen atoms in total. The summed E-state index contributed by atoms with van der Waals surface area (Å²) < 4.78 is 4.66. The van der Waals surface area contributed by atoms with Crippen LogP contribution in [0.5, 0.6) is 0 Å². The quantitative estimate of drug-likeness (QED) is 0.0994. The number of fused-ring (bicyclic) bond motifs is 2. The number of carbonyl (C=O) groups excluding carboxylic acids is 3. The third-order valence-corrected chi connectivity index (χ3v) is 4.47. The molecule has 0 saturated heterocycles. The predicted molar refractivity (Wildman–Crippen MR) is 131 cm³/mol. The van der Waals surface area contributed by atoms with Gasteiger partial charge in [-0.05, 0) is 6.92 Å². The van der Waals surface area contributed by atoms with E-state index in [0.29, 0.717) is 11.3 Å². The Morgan fingerprint density at radius 3 is 1.95 bits per heavy atom. The van der Waals surface area contributed by atoms with E-state index >= 15 is 0 Å². The monoisotopic (exact) mass is 555 g/mol. The number of hydrogen-bond acceptors (Lipinski definition) is 15. The van der Waals surface area contributed by atoms with Crippen molar-refractivity contribution in [3.8, 4) is 0 Å². The molecule has 0 saturated carbocycles. The minimum absolute atomic E-state index is 0.0208. The summed E-state index contributed by atoms with van der Waals surface area (Å²) in [6.45, 7) is 1.78. The molecule has 0 aliphatic rings. The number of aryl methyl sites for hydroxylation is 3. The number of hydrogen-bond donors (Lipinski definition) is 4.